The zero-order valence-corrected chi connectivity index (χ0v) is 8.60. The van der Waals surface area contributed by atoms with Gasteiger partial charge in [0.25, 0.3) is 0 Å². The fraction of sp³-hybridized carbons (Fsp3) is 0.364. The molecule has 0 saturated carbocycles. The third kappa shape index (κ3) is 1.89. The van der Waals surface area contributed by atoms with Crippen LogP contribution >= 0.6 is 11.5 Å². The molecule has 0 unspecified atom stereocenters. The Kier molecular flexibility index (Phi) is 2.60. The summed E-state index contributed by atoms with van der Waals surface area (Å²) in [6.07, 6.45) is 5.70. The maximum atomic E-state index is 4.16. The fourth-order valence-electron chi connectivity index (χ4n) is 1.46. The van der Waals surface area contributed by atoms with Gasteiger partial charge < -0.3 is 0 Å². The number of benzene rings is 1. The number of fused-ring (bicyclic) bond motifs is 1. The quantitative estimate of drug-likeness (QED) is 0.721. The van der Waals surface area contributed by atoms with Gasteiger partial charge in [-0.05, 0) is 42.1 Å². The number of hydrogen-bond donors (Lipinski definition) is 0. The van der Waals surface area contributed by atoms with Gasteiger partial charge in [0, 0.05) is 11.6 Å². The van der Waals surface area contributed by atoms with E-state index in [0.29, 0.717) is 0 Å². The lowest BCUT2D eigenvalue weighted by molar-refractivity contribution is 0.796. The topological polar surface area (TPSA) is 12.9 Å². The van der Waals surface area contributed by atoms with Crippen molar-refractivity contribution in [2.24, 2.45) is 0 Å². The first-order chi connectivity index (χ1) is 6.40. The Morgan fingerprint density at radius 3 is 3.15 bits per heavy atom. The normalized spacial score (nSPS) is 10.8. The zero-order chi connectivity index (χ0) is 9.10. The van der Waals surface area contributed by atoms with Crippen LogP contribution in [0.2, 0.25) is 0 Å². The first kappa shape index (κ1) is 8.70. The number of rotatable bonds is 3. The monoisotopic (exact) mass is 191 g/mol. The molecule has 0 bridgehead atoms. The van der Waals surface area contributed by atoms with Crippen molar-refractivity contribution in [2.75, 3.05) is 0 Å². The van der Waals surface area contributed by atoms with Gasteiger partial charge in [-0.15, -0.1) is 0 Å². The summed E-state index contributed by atoms with van der Waals surface area (Å²) < 4.78 is 5.46. The molecule has 0 saturated heterocycles. The number of aryl methyl sites for hydroxylation is 1. The summed E-state index contributed by atoms with van der Waals surface area (Å²) in [6.45, 7) is 2.23. The Labute approximate surface area is 82.6 Å². The lowest BCUT2D eigenvalue weighted by atomic mass is 10.1. The Morgan fingerprint density at radius 1 is 1.38 bits per heavy atom. The van der Waals surface area contributed by atoms with Crippen molar-refractivity contribution >= 4 is 21.6 Å². The Hall–Kier alpha value is -0.890. The van der Waals surface area contributed by atoms with Gasteiger partial charge in [-0.1, -0.05) is 19.4 Å². The van der Waals surface area contributed by atoms with Crippen molar-refractivity contribution in [3.05, 3.63) is 30.0 Å². The number of nitrogens with zero attached hydrogens (tertiary/aromatic N) is 1. The molecule has 0 aliphatic heterocycles. The molecule has 1 aromatic heterocycles. The zero-order valence-electron chi connectivity index (χ0n) is 7.79. The molecule has 0 atom stereocenters. The minimum atomic E-state index is 1.20. The van der Waals surface area contributed by atoms with Gasteiger partial charge in [0.1, 0.15) is 0 Å². The van der Waals surface area contributed by atoms with Crippen molar-refractivity contribution < 1.29 is 0 Å². The van der Waals surface area contributed by atoms with E-state index in [1.54, 1.807) is 11.5 Å². The van der Waals surface area contributed by atoms with E-state index in [4.69, 9.17) is 0 Å². The van der Waals surface area contributed by atoms with Gasteiger partial charge in [-0.3, -0.25) is 0 Å². The SMILES string of the molecule is CCCCc1ccc2sncc2c1. The third-order valence-electron chi connectivity index (χ3n) is 2.24. The molecule has 1 aromatic carbocycles. The van der Waals surface area contributed by atoms with Gasteiger partial charge in [-0.25, -0.2) is 0 Å². The van der Waals surface area contributed by atoms with Gasteiger partial charge >= 0.3 is 0 Å². The van der Waals surface area contributed by atoms with E-state index in [2.05, 4.69) is 29.5 Å². The molecule has 0 fully saturated rings. The van der Waals surface area contributed by atoms with Crippen LogP contribution in [0.3, 0.4) is 0 Å². The molecule has 0 aliphatic rings. The maximum Gasteiger partial charge on any atom is 0.0550 e. The minimum absolute atomic E-state index is 1.20. The summed E-state index contributed by atoms with van der Waals surface area (Å²) in [4.78, 5) is 0. The minimum Gasteiger partial charge on any atom is -0.200 e. The molecule has 2 aromatic rings. The van der Waals surface area contributed by atoms with Crippen LogP contribution in [0.1, 0.15) is 25.3 Å². The van der Waals surface area contributed by atoms with Gasteiger partial charge in [0.2, 0.25) is 0 Å². The summed E-state index contributed by atoms with van der Waals surface area (Å²) >= 11 is 1.57. The molecule has 1 nitrogen and oxygen atoms in total. The van der Waals surface area contributed by atoms with Crippen LogP contribution in [-0.2, 0) is 6.42 Å². The predicted molar refractivity (Wildman–Crippen MR) is 58.2 cm³/mol. The van der Waals surface area contributed by atoms with Crippen LogP contribution in [-0.4, -0.2) is 4.37 Å². The van der Waals surface area contributed by atoms with Gasteiger partial charge in [0.15, 0.2) is 0 Å². The van der Waals surface area contributed by atoms with Crippen LogP contribution < -0.4 is 0 Å². The van der Waals surface area contributed by atoms with Crippen molar-refractivity contribution in [3.8, 4) is 0 Å². The third-order valence-corrected chi connectivity index (χ3v) is 3.02. The molecule has 0 aliphatic carbocycles. The van der Waals surface area contributed by atoms with Crippen molar-refractivity contribution in [1.29, 1.82) is 0 Å². The van der Waals surface area contributed by atoms with Crippen LogP contribution in [0.4, 0.5) is 0 Å². The average Bonchev–Trinajstić information content (AvgIpc) is 2.61. The molecule has 0 spiro atoms. The largest absolute Gasteiger partial charge is 0.200 e. The number of unbranched alkanes of at least 4 members (excludes halogenated alkanes) is 1. The van der Waals surface area contributed by atoms with Crippen LogP contribution in [0.25, 0.3) is 10.1 Å². The summed E-state index contributed by atoms with van der Waals surface area (Å²) in [5.41, 5.74) is 1.44. The molecule has 0 N–H and O–H groups in total. The van der Waals surface area contributed by atoms with Crippen LogP contribution in [0, 0.1) is 0 Å². The number of aromatic nitrogens is 1. The highest BCUT2D eigenvalue weighted by Gasteiger charge is 1.97. The standard InChI is InChI=1S/C11H13NS/c1-2-3-4-9-5-6-11-10(7-9)8-12-13-11/h5-8H,2-4H2,1H3. The van der Waals surface area contributed by atoms with E-state index in [9.17, 15) is 0 Å². The predicted octanol–water partition coefficient (Wildman–Crippen LogP) is 3.64. The second-order valence-corrected chi connectivity index (χ2v) is 4.13. The summed E-state index contributed by atoms with van der Waals surface area (Å²) in [5.74, 6) is 0. The van der Waals surface area contributed by atoms with Crippen LogP contribution in [0.5, 0.6) is 0 Å². The smallest absolute Gasteiger partial charge is 0.0550 e. The Balaban J connectivity index is 2.26. The molecule has 1 heterocycles. The lowest BCUT2D eigenvalue weighted by Gasteiger charge is -1.98. The fourth-order valence-corrected chi connectivity index (χ4v) is 2.08. The van der Waals surface area contributed by atoms with Crippen LogP contribution in [0.15, 0.2) is 24.4 Å². The summed E-state index contributed by atoms with van der Waals surface area (Å²) in [6, 6.07) is 6.66. The molecule has 0 amide bonds. The molecule has 2 heteroatoms. The van der Waals surface area contributed by atoms with E-state index in [0.717, 1.165) is 0 Å². The first-order valence-corrected chi connectivity index (χ1v) is 5.51. The van der Waals surface area contributed by atoms with E-state index in [1.165, 1.54) is 34.9 Å². The maximum absolute atomic E-state index is 4.16. The lowest BCUT2D eigenvalue weighted by Crippen LogP contribution is -1.82. The second-order valence-electron chi connectivity index (χ2n) is 3.30. The van der Waals surface area contributed by atoms with E-state index in [-0.39, 0.29) is 0 Å². The highest BCUT2D eigenvalue weighted by Crippen LogP contribution is 2.20. The van der Waals surface area contributed by atoms with E-state index in [1.807, 2.05) is 6.20 Å². The summed E-state index contributed by atoms with van der Waals surface area (Å²) in [5, 5.41) is 1.29. The van der Waals surface area contributed by atoms with E-state index < -0.39 is 0 Å². The van der Waals surface area contributed by atoms with Gasteiger partial charge in [-0.2, -0.15) is 4.37 Å². The van der Waals surface area contributed by atoms with E-state index >= 15 is 0 Å². The molecule has 68 valence electrons. The van der Waals surface area contributed by atoms with Crippen molar-refractivity contribution in [2.45, 2.75) is 26.2 Å². The Bertz CT molecular complexity index is 392. The molecular weight excluding hydrogens is 178 g/mol. The van der Waals surface area contributed by atoms with Crippen molar-refractivity contribution in [1.82, 2.24) is 4.37 Å². The molecule has 2 rings (SSSR count). The van der Waals surface area contributed by atoms with Crippen molar-refractivity contribution in [3.63, 3.8) is 0 Å². The molecule has 13 heavy (non-hydrogen) atoms. The first-order valence-electron chi connectivity index (χ1n) is 4.73. The van der Waals surface area contributed by atoms with Gasteiger partial charge in [0.05, 0.1) is 4.70 Å². The second kappa shape index (κ2) is 3.88. The molecular formula is C11H13NS. The number of hydrogen-bond acceptors (Lipinski definition) is 2. The average molecular weight is 191 g/mol. The highest BCUT2D eigenvalue weighted by atomic mass is 32.1. The Morgan fingerprint density at radius 2 is 2.31 bits per heavy atom. The highest BCUT2D eigenvalue weighted by molar-refractivity contribution is 7.13. The molecule has 0 radical (unpaired) electrons. The summed E-state index contributed by atoms with van der Waals surface area (Å²) in [7, 11) is 0.